The van der Waals surface area contributed by atoms with E-state index in [-0.39, 0.29) is 0 Å². The molecule has 2 aromatic heterocycles. The van der Waals surface area contributed by atoms with Crippen molar-refractivity contribution in [2.45, 2.75) is 13.5 Å². The number of pyridine rings is 1. The Morgan fingerprint density at radius 1 is 1.29 bits per heavy atom. The molecule has 17 heavy (non-hydrogen) atoms. The third kappa shape index (κ3) is 2.78. The van der Waals surface area contributed by atoms with Crippen LogP contribution in [0.3, 0.4) is 0 Å². The normalized spacial score (nSPS) is 10.3. The van der Waals surface area contributed by atoms with E-state index < -0.39 is 0 Å². The van der Waals surface area contributed by atoms with Crippen molar-refractivity contribution in [3.63, 3.8) is 0 Å². The molecule has 0 atom stereocenters. The molecule has 0 saturated carbocycles. The molecule has 0 spiro atoms. The Morgan fingerprint density at radius 3 is 2.76 bits per heavy atom. The zero-order chi connectivity index (χ0) is 12.3. The number of aryl methyl sites for hydroxylation is 1. The molecule has 0 radical (unpaired) electrons. The lowest BCUT2D eigenvalue weighted by Gasteiger charge is -2.16. The van der Waals surface area contributed by atoms with E-state index in [0.717, 1.165) is 23.0 Å². The van der Waals surface area contributed by atoms with E-state index in [1.165, 1.54) is 0 Å². The molecule has 0 fully saturated rings. The van der Waals surface area contributed by atoms with Gasteiger partial charge >= 0.3 is 0 Å². The molecule has 0 aliphatic carbocycles. The average molecular weight is 231 g/mol. The SMILES string of the molecule is Cc1ccc(CNc2cccnc2N(C)C)o1. The van der Waals surface area contributed by atoms with Crippen LogP contribution >= 0.6 is 0 Å². The van der Waals surface area contributed by atoms with Gasteiger partial charge in [-0.3, -0.25) is 0 Å². The fourth-order valence-electron chi connectivity index (χ4n) is 1.65. The Kier molecular flexibility index (Phi) is 3.32. The van der Waals surface area contributed by atoms with Crippen LogP contribution in [0.25, 0.3) is 0 Å². The van der Waals surface area contributed by atoms with Crippen LogP contribution in [0, 0.1) is 6.92 Å². The van der Waals surface area contributed by atoms with Crippen molar-refractivity contribution in [2.75, 3.05) is 24.3 Å². The molecule has 2 rings (SSSR count). The topological polar surface area (TPSA) is 41.3 Å². The number of nitrogens with zero attached hydrogens (tertiary/aromatic N) is 2. The van der Waals surface area contributed by atoms with Gasteiger partial charge in [-0.25, -0.2) is 4.98 Å². The number of aromatic nitrogens is 1. The van der Waals surface area contributed by atoms with Crippen LogP contribution in [0.5, 0.6) is 0 Å². The summed E-state index contributed by atoms with van der Waals surface area (Å²) in [5, 5.41) is 3.33. The first kappa shape index (κ1) is 11.5. The third-order valence-corrected chi connectivity index (χ3v) is 2.46. The van der Waals surface area contributed by atoms with Gasteiger partial charge in [0.2, 0.25) is 0 Å². The highest BCUT2D eigenvalue weighted by Gasteiger charge is 2.05. The summed E-state index contributed by atoms with van der Waals surface area (Å²) in [6.45, 7) is 2.61. The van der Waals surface area contributed by atoms with Crippen LogP contribution in [0.1, 0.15) is 11.5 Å². The predicted octanol–water partition coefficient (Wildman–Crippen LogP) is 2.66. The second kappa shape index (κ2) is 4.91. The molecule has 0 saturated heterocycles. The molecule has 0 unspecified atom stereocenters. The highest BCUT2D eigenvalue weighted by Crippen LogP contribution is 2.21. The molecular formula is C13H17N3O. The van der Waals surface area contributed by atoms with Gasteiger partial charge in [0, 0.05) is 20.3 Å². The maximum absolute atomic E-state index is 5.51. The van der Waals surface area contributed by atoms with Crippen molar-refractivity contribution in [2.24, 2.45) is 0 Å². The largest absolute Gasteiger partial charge is 0.465 e. The minimum absolute atomic E-state index is 0.667. The molecule has 2 aromatic rings. The Balaban J connectivity index is 2.08. The predicted molar refractivity (Wildman–Crippen MR) is 69.3 cm³/mol. The first-order valence-corrected chi connectivity index (χ1v) is 5.58. The minimum Gasteiger partial charge on any atom is -0.465 e. The van der Waals surface area contributed by atoms with Gasteiger partial charge in [0.15, 0.2) is 5.82 Å². The third-order valence-electron chi connectivity index (χ3n) is 2.46. The van der Waals surface area contributed by atoms with Crippen LogP contribution in [0.15, 0.2) is 34.9 Å². The number of nitrogens with one attached hydrogen (secondary N) is 1. The molecule has 0 aromatic carbocycles. The summed E-state index contributed by atoms with van der Waals surface area (Å²) in [5.41, 5.74) is 1.01. The number of anilines is 2. The van der Waals surface area contributed by atoms with Gasteiger partial charge in [0.1, 0.15) is 11.5 Å². The lowest BCUT2D eigenvalue weighted by Crippen LogP contribution is -2.13. The fourth-order valence-corrected chi connectivity index (χ4v) is 1.65. The first-order valence-electron chi connectivity index (χ1n) is 5.58. The molecule has 0 aliphatic heterocycles. The maximum atomic E-state index is 5.51. The van der Waals surface area contributed by atoms with Crippen molar-refractivity contribution in [1.82, 2.24) is 4.98 Å². The van der Waals surface area contributed by atoms with Crippen molar-refractivity contribution < 1.29 is 4.42 Å². The van der Waals surface area contributed by atoms with Gasteiger partial charge < -0.3 is 14.6 Å². The van der Waals surface area contributed by atoms with Gasteiger partial charge in [0.25, 0.3) is 0 Å². The monoisotopic (exact) mass is 231 g/mol. The van der Waals surface area contributed by atoms with Crippen LogP contribution < -0.4 is 10.2 Å². The summed E-state index contributed by atoms with van der Waals surface area (Å²) in [7, 11) is 3.95. The molecule has 2 heterocycles. The highest BCUT2D eigenvalue weighted by atomic mass is 16.3. The number of hydrogen-bond donors (Lipinski definition) is 1. The van der Waals surface area contributed by atoms with Crippen LogP contribution in [0.4, 0.5) is 11.5 Å². The zero-order valence-electron chi connectivity index (χ0n) is 10.4. The van der Waals surface area contributed by atoms with Crippen molar-refractivity contribution in [1.29, 1.82) is 0 Å². The number of furan rings is 1. The molecule has 90 valence electrons. The Labute approximate surface area is 101 Å². The molecule has 1 N–H and O–H groups in total. The van der Waals surface area contributed by atoms with E-state index in [2.05, 4.69) is 10.3 Å². The Hall–Kier alpha value is -1.97. The molecule has 0 amide bonds. The lowest BCUT2D eigenvalue weighted by atomic mass is 10.3. The van der Waals surface area contributed by atoms with Gasteiger partial charge in [-0.2, -0.15) is 0 Å². The van der Waals surface area contributed by atoms with E-state index in [1.54, 1.807) is 6.20 Å². The molecule has 0 aliphatic rings. The van der Waals surface area contributed by atoms with Crippen molar-refractivity contribution in [3.8, 4) is 0 Å². The van der Waals surface area contributed by atoms with Gasteiger partial charge in [-0.1, -0.05) is 0 Å². The smallest absolute Gasteiger partial charge is 0.151 e. The van der Waals surface area contributed by atoms with E-state index in [9.17, 15) is 0 Å². The summed E-state index contributed by atoms with van der Waals surface area (Å²) in [5.74, 6) is 2.78. The van der Waals surface area contributed by atoms with E-state index in [4.69, 9.17) is 4.42 Å². The first-order chi connectivity index (χ1) is 8.16. The lowest BCUT2D eigenvalue weighted by molar-refractivity contribution is 0.490. The van der Waals surface area contributed by atoms with E-state index in [0.29, 0.717) is 6.54 Å². The minimum atomic E-state index is 0.667. The van der Waals surface area contributed by atoms with Gasteiger partial charge in [-0.15, -0.1) is 0 Å². The number of rotatable bonds is 4. The standard InChI is InChI=1S/C13H17N3O/c1-10-6-7-11(17-10)9-15-12-5-4-8-14-13(12)16(2)3/h4-8,15H,9H2,1-3H3. The molecule has 4 nitrogen and oxygen atoms in total. The van der Waals surface area contributed by atoms with Crippen LogP contribution in [-0.4, -0.2) is 19.1 Å². The van der Waals surface area contributed by atoms with E-state index in [1.807, 2.05) is 50.2 Å². The molecule has 4 heteroatoms. The van der Waals surface area contributed by atoms with E-state index >= 15 is 0 Å². The van der Waals surface area contributed by atoms with Crippen molar-refractivity contribution in [3.05, 3.63) is 42.0 Å². The maximum Gasteiger partial charge on any atom is 0.151 e. The molecule has 0 bridgehead atoms. The van der Waals surface area contributed by atoms with Crippen LogP contribution in [-0.2, 0) is 6.54 Å². The quantitative estimate of drug-likeness (QED) is 0.878. The Morgan fingerprint density at radius 2 is 2.12 bits per heavy atom. The number of hydrogen-bond acceptors (Lipinski definition) is 4. The van der Waals surface area contributed by atoms with Gasteiger partial charge in [0.05, 0.1) is 12.2 Å². The van der Waals surface area contributed by atoms with Crippen LogP contribution in [0.2, 0.25) is 0 Å². The average Bonchev–Trinajstić information content (AvgIpc) is 2.73. The summed E-state index contributed by atoms with van der Waals surface area (Å²) in [6, 6.07) is 7.88. The fraction of sp³-hybridized carbons (Fsp3) is 0.308. The molecular weight excluding hydrogens is 214 g/mol. The summed E-state index contributed by atoms with van der Waals surface area (Å²) >= 11 is 0. The highest BCUT2D eigenvalue weighted by molar-refractivity contribution is 5.64. The van der Waals surface area contributed by atoms with Gasteiger partial charge in [-0.05, 0) is 31.2 Å². The summed E-state index contributed by atoms with van der Waals surface area (Å²) in [6.07, 6.45) is 1.79. The second-order valence-electron chi connectivity index (χ2n) is 4.13. The Bertz CT molecular complexity index is 491. The second-order valence-corrected chi connectivity index (χ2v) is 4.13. The zero-order valence-corrected chi connectivity index (χ0v) is 10.4. The van der Waals surface area contributed by atoms with Crippen molar-refractivity contribution >= 4 is 11.5 Å². The summed E-state index contributed by atoms with van der Waals surface area (Å²) < 4.78 is 5.51. The summed E-state index contributed by atoms with van der Waals surface area (Å²) in [4.78, 5) is 6.31.